The Balaban J connectivity index is 2.11. The number of benzene rings is 1. The van der Waals surface area contributed by atoms with Crippen LogP contribution in [0.2, 0.25) is 0 Å². The van der Waals surface area contributed by atoms with E-state index in [1.54, 1.807) is 18.2 Å². The Kier molecular flexibility index (Phi) is 4.99. The fourth-order valence-electron chi connectivity index (χ4n) is 2.94. The standard InChI is InChI=1S/C17H24N2O2/c1-11(2)13-9-8-12(3)10-15(13)18-19-17(21)14-6-4-5-7-16(14)20/h4-7,11-13,20H,8-10H2,1-3H3,(H,19,21)/b18-15-/t12-,13+/m0/s1. The van der Waals surface area contributed by atoms with Crippen LogP contribution >= 0.6 is 0 Å². The van der Waals surface area contributed by atoms with Crippen molar-refractivity contribution in [3.05, 3.63) is 29.8 Å². The molecule has 0 saturated heterocycles. The topological polar surface area (TPSA) is 61.7 Å². The number of phenolic OH excluding ortho intramolecular Hbond substituents is 1. The molecule has 0 unspecified atom stereocenters. The molecule has 1 aromatic rings. The predicted molar refractivity (Wildman–Crippen MR) is 84.4 cm³/mol. The molecule has 4 nitrogen and oxygen atoms in total. The first-order valence-electron chi connectivity index (χ1n) is 7.63. The lowest BCUT2D eigenvalue weighted by Gasteiger charge is -2.30. The number of hydrogen-bond acceptors (Lipinski definition) is 3. The summed E-state index contributed by atoms with van der Waals surface area (Å²) in [5.41, 5.74) is 3.94. The van der Waals surface area contributed by atoms with Gasteiger partial charge in [-0.3, -0.25) is 4.79 Å². The highest BCUT2D eigenvalue weighted by molar-refractivity contribution is 5.98. The van der Waals surface area contributed by atoms with E-state index >= 15 is 0 Å². The molecule has 0 radical (unpaired) electrons. The van der Waals surface area contributed by atoms with E-state index in [0.29, 0.717) is 17.8 Å². The number of phenols is 1. The number of amides is 1. The highest BCUT2D eigenvalue weighted by Gasteiger charge is 2.27. The zero-order valence-corrected chi connectivity index (χ0v) is 13.0. The largest absolute Gasteiger partial charge is 0.507 e. The summed E-state index contributed by atoms with van der Waals surface area (Å²) < 4.78 is 0. The zero-order valence-electron chi connectivity index (χ0n) is 13.0. The highest BCUT2D eigenvalue weighted by Crippen LogP contribution is 2.31. The molecule has 0 spiro atoms. The van der Waals surface area contributed by atoms with Gasteiger partial charge in [-0.2, -0.15) is 5.10 Å². The van der Waals surface area contributed by atoms with Gasteiger partial charge in [0.2, 0.25) is 0 Å². The molecule has 21 heavy (non-hydrogen) atoms. The molecule has 1 aliphatic rings. The van der Waals surface area contributed by atoms with Crippen molar-refractivity contribution < 1.29 is 9.90 Å². The maximum atomic E-state index is 12.1. The molecule has 1 amide bonds. The highest BCUT2D eigenvalue weighted by atomic mass is 16.3. The van der Waals surface area contributed by atoms with Crippen LogP contribution in [0.5, 0.6) is 5.75 Å². The molecular formula is C17H24N2O2. The van der Waals surface area contributed by atoms with Gasteiger partial charge in [0.05, 0.1) is 5.56 Å². The van der Waals surface area contributed by atoms with Gasteiger partial charge >= 0.3 is 0 Å². The van der Waals surface area contributed by atoms with Gasteiger partial charge in [0, 0.05) is 11.6 Å². The first kappa shape index (κ1) is 15.5. The number of hydrogen-bond donors (Lipinski definition) is 2. The summed E-state index contributed by atoms with van der Waals surface area (Å²) >= 11 is 0. The van der Waals surface area contributed by atoms with Crippen LogP contribution in [0.15, 0.2) is 29.4 Å². The molecule has 114 valence electrons. The van der Waals surface area contributed by atoms with Crippen molar-refractivity contribution in [2.24, 2.45) is 22.9 Å². The molecule has 0 bridgehead atoms. The number of carbonyl (C=O) groups excluding carboxylic acids is 1. The van der Waals surface area contributed by atoms with Crippen LogP contribution in [0.1, 0.15) is 50.4 Å². The summed E-state index contributed by atoms with van der Waals surface area (Å²) in [5, 5.41) is 14.1. The third kappa shape index (κ3) is 3.84. The molecule has 0 heterocycles. The van der Waals surface area contributed by atoms with Gasteiger partial charge in [-0.25, -0.2) is 5.43 Å². The van der Waals surface area contributed by atoms with Crippen LogP contribution in [0.4, 0.5) is 0 Å². The average Bonchev–Trinajstić information content (AvgIpc) is 2.45. The molecule has 1 aromatic carbocycles. The van der Waals surface area contributed by atoms with E-state index in [1.807, 2.05) is 0 Å². The van der Waals surface area contributed by atoms with E-state index in [0.717, 1.165) is 18.6 Å². The molecule has 1 saturated carbocycles. The Bertz CT molecular complexity index is 537. The molecule has 4 heteroatoms. The minimum atomic E-state index is -0.360. The summed E-state index contributed by atoms with van der Waals surface area (Å²) in [5.74, 6) is 1.19. The lowest BCUT2D eigenvalue weighted by molar-refractivity contribution is 0.0951. The summed E-state index contributed by atoms with van der Waals surface area (Å²) in [6.07, 6.45) is 3.28. The Morgan fingerprint density at radius 2 is 2.05 bits per heavy atom. The summed E-state index contributed by atoms with van der Waals surface area (Å²) in [4.78, 5) is 12.1. The van der Waals surface area contributed by atoms with Crippen molar-refractivity contribution in [3.8, 4) is 5.75 Å². The SMILES string of the molecule is CC(C)[C@H]1CC[C@H](C)C/C1=N/NC(=O)c1ccccc1O. The minimum Gasteiger partial charge on any atom is -0.507 e. The molecular weight excluding hydrogens is 264 g/mol. The number of para-hydroxylation sites is 1. The Morgan fingerprint density at radius 3 is 2.71 bits per heavy atom. The van der Waals surface area contributed by atoms with Crippen LogP contribution < -0.4 is 5.43 Å². The third-order valence-corrected chi connectivity index (χ3v) is 4.21. The van der Waals surface area contributed by atoms with Gasteiger partial charge in [-0.15, -0.1) is 0 Å². The van der Waals surface area contributed by atoms with E-state index in [9.17, 15) is 9.90 Å². The molecule has 2 N–H and O–H groups in total. The Hall–Kier alpha value is -1.84. The van der Waals surface area contributed by atoms with Gasteiger partial charge in [0.25, 0.3) is 5.91 Å². The van der Waals surface area contributed by atoms with Crippen LogP contribution in [0.3, 0.4) is 0 Å². The van der Waals surface area contributed by atoms with E-state index in [4.69, 9.17) is 0 Å². The number of aromatic hydroxyl groups is 1. The molecule has 2 atom stereocenters. The fraction of sp³-hybridized carbons (Fsp3) is 0.529. The van der Waals surface area contributed by atoms with Crippen LogP contribution in [0, 0.1) is 17.8 Å². The third-order valence-electron chi connectivity index (χ3n) is 4.21. The van der Waals surface area contributed by atoms with E-state index in [1.165, 1.54) is 12.5 Å². The maximum Gasteiger partial charge on any atom is 0.275 e. The number of nitrogens with zero attached hydrogens (tertiary/aromatic N) is 1. The van der Waals surface area contributed by atoms with Gasteiger partial charge in [0.15, 0.2) is 0 Å². The van der Waals surface area contributed by atoms with Crippen molar-refractivity contribution in [1.29, 1.82) is 0 Å². The summed E-state index contributed by atoms with van der Waals surface area (Å²) in [6.45, 7) is 6.61. The van der Waals surface area contributed by atoms with Gasteiger partial charge < -0.3 is 5.11 Å². The zero-order chi connectivity index (χ0) is 15.4. The second kappa shape index (κ2) is 6.74. The molecule has 0 aromatic heterocycles. The van der Waals surface area contributed by atoms with Crippen LogP contribution in [-0.2, 0) is 0 Å². The molecule has 1 fully saturated rings. The Labute approximate surface area is 126 Å². The minimum absolute atomic E-state index is 0.0207. The fourth-order valence-corrected chi connectivity index (χ4v) is 2.94. The van der Waals surface area contributed by atoms with Crippen LogP contribution in [0.25, 0.3) is 0 Å². The van der Waals surface area contributed by atoms with E-state index in [-0.39, 0.29) is 17.2 Å². The maximum absolute atomic E-state index is 12.1. The van der Waals surface area contributed by atoms with Gasteiger partial charge in [-0.1, -0.05) is 32.9 Å². The Morgan fingerprint density at radius 1 is 1.33 bits per heavy atom. The molecule has 0 aliphatic heterocycles. The molecule has 2 rings (SSSR count). The van der Waals surface area contributed by atoms with Gasteiger partial charge in [0.1, 0.15) is 5.75 Å². The second-order valence-corrected chi connectivity index (χ2v) is 6.30. The first-order valence-corrected chi connectivity index (χ1v) is 7.63. The normalized spacial score (nSPS) is 24.3. The van der Waals surface area contributed by atoms with Gasteiger partial charge in [-0.05, 0) is 43.2 Å². The van der Waals surface area contributed by atoms with Crippen molar-refractivity contribution in [3.63, 3.8) is 0 Å². The number of nitrogens with one attached hydrogen (secondary N) is 1. The second-order valence-electron chi connectivity index (χ2n) is 6.30. The summed E-state index contributed by atoms with van der Waals surface area (Å²) in [6, 6.07) is 6.51. The first-order chi connectivity index (χ1) is 9.99. The predicted octanol–water partition coefficient (Wildman–Crippen LogP) is 3.57. The van der Waals surface area contributed by atoms with E-state index in [2.05, 4.69) is 31.3 Å². The monoisotopic (exact) mass is 288 g/mol. The van der Waals surface area contributed by atoms with Crippen molar-refractivity contribution in [1.82, 2.24) is 5.43 Å². The van der Waals surface area contributed by atoms with Crippen molar-refractivity contribution in [2.45, 2.75) is 40.0 Å². The van der Waals surface area contributed by atoms with Crippen molar-refractivity contribution >= 4 is 11.6 Å². The summed E-state index contributed by atoms with van der Waals surface area (Å²) in [7, 11) is 0. The van der Waals surface area contributed by atoms with Crippen LogP contribution in [-0.4, -0.2) is 16.7 Å². The average molecular weight is 288 g/mol. The number of hydrazone groups is 1. The van der Waals surface area contributed by atoms with Crippen molar-refractivity contribution in [2.75, 3.05) is 0 Å². The number of carbonyl (C=O) groups is 1. The van der Waals surface area contributed by atoms with E-state index < -0.39 is 0 Å². The lowest BCUT2D eigenvalue weighted by Crippen LogP contribution is -2.31. The molecule has 1 aliphatic carbocycles. The smallest absolute Gasteiger partial charge is 0.275 e. The lowest BCUT2D eigenvalue weighted by atomic mass is 9.76. The number of rotatable bonds is 3. The quantitative estimate of drug-likeness (QED) is 0.835.